The number of carbonyl (C=O) groups is 1. The molecule has 1 amide bonds. The van der Waals surface area contributed by atoms with E-state index in [4.69, 9.17) is 62.8 Å². The smallest absolute Gasteiger partial charge is 0.252 e. The van der Waals surface area contributed by atoms with Crippen LogP contribution in [0.3, 0.4) is 0 Å². The Morgan fingerprint density at radius 2 is 1.30 bits per heavy atom. The molecule has 2 saturated carbocycles. The zero-order valence-electron chi connectivity index (χ0n) is 25.9. The molecule has 17 N–H and O–H groups in total. The number of amides is 1. The van der Waals surface area contributed by atoms with Crippen molar-refractivity contribution in [3.63, 3.8) is 0 Å². The van der Waals surface area contributed by atoms with Crippen LogP contribution < -0.4 is 39.7 Å². The first kappa shape index (κ1) is 36.1. The van der Waals surface area contributed by atoms with E-state index in [9.17, 15) is 25.2 Å². The molecule has 0 bridgehead atoms. The highest BCUT2D eigenvalue weighted by atomic mass is 16.8. The van der Waals surface area contributed by atoms with Crippen LogP contribution in [0.2, 0.25) is 0 Å². The number of nitrogens with two attached hydrogens (primary N) is 6. The Balaban J connectivity index is 1.34. The summed E-state index contributed by atoms with van der Waals surface area (Å²) in [6.45, 7) is -0.0326. The third-order valence-electron chi connectivity index (χ3n) is 9.83. The van der Waals surface area contributed by atoms with E-state index in [-0.39, 0.29) is 50.6 Å². The second-order valence-corrected chi connectivity index (χ2v) is 13.4. The first-order valence-electron chi connectivity index (χ1n) is 16.2. The number of rotatable bonds is 11. The Morgan fingerprint density at radius 1 is 0.761 bits per heavy atom. The minimum absolute atomic E-state index is 0.0418. The first-order valence-corrected chi connectivity index (χ1v) is 16.2. The topological polar surface area (TPSA) is 322 Å². The minimum Gasteiger partial charge on any atom is -0.394 e. The fourth-order valence-electron chi connectivity index (χ4n) is 6.97. The largest absolute Gasteiger partial charge is 0.394 e. The molecular weight excluding hydrogens is 610 g/mol. The Labute approximate surface area is 267 Å². The molecule has 2 aliphatic carbocycles. The van der Waals surface area contributed by atoms with Gasteiger partial charge in [0.1, 0.15) is 42.2 Å². The molecule has 46 heavy (non-hydrogen) atoms. The number of aliphatic hydroxyl groups excluding tert-OH is 3. The highest BCUT2D eigenvalue weighted by Gasteiger charge is 2.54. The van der Waals surface area contributed by atoms with Crippen molar-refractivity contribution in [1.29, 1.82) is 0 Å². The van der Waals surface area contributed by atoms with Gasteiger partial charge in [-0.3, -0.25) is 4.79 Å². The SMILES string of the molecule is NC[C@@H]1CC[C@@H](N)[C@@H](O[C@H]2[C@H](O[C@@H]3O[C@H](CO)[C@@H](O[C@H]4O[C@@H](CN)CC[C@H]4N)[C@H]3O)[C@@H](O)[C@H](NC(=O)C3(O)CC(N)C3)C[C@@H]2N)O1. The van der Waals surface area contributed by atoms with Gasteiger partial charge in [0.05, 0.1) is 36.9 Å². The molecule has 266 valence electrons. The molecule has 18 nitrogen and oxygen atoms in total. The van der Waals surface area contributed by atoms with Crippen LogP contribution in [0, 0.1) is 0 Å². The van der Waals surface area contributed by atoms with Crippen molar-refractivity contribution < 1.29 is 53.6 Å². The van der Waals surface area contributed by atoms with E-state index in [1.807, 2.05) is 0 Å². The molecule has 18 heteroatoms. The van der Waals surface area contributed by atoms with Crippen molar-refractivity contribution in [3.05, 3.63) is 0 Å². The lowest BCUT2D eigenvalue weighted by Gasteiger charge is -2.47. The van der Waals surface area contributed by atoms with E-state index in [1.165, 1.54) is 0 Å². The van der Waals surface area contributed by atoms with Crippen LogP contribution in [-0.2, 0) is 33.2 Å². The van der Waals surface area contributed by atoms with Gasteiger partial charge in [-0.05, 0) is 32.1 Å². The van der Waals surface area contributed by atoms with Crippen molar-refractivity contribution >= 4 is 5.91 Å². The van der Waals surface area contributed by atoms with Crippen molar-refractivity contribution in [3.8, 4) is 0 Å². The molecule has 3 aliphatic heterocycles. The van der Waals surface area contributed by atoms with Crippen molar-refractivity contribution in [1.82, 2.24) is 5.32 Å². The van der Waals surface area contributed by atoms with Gasteiger partial charge in [0.15, 0.2) is 18.9 Å². The molecule has 0 spiro atoms. The fourth-order valence-corrected chi connectivity index (χ4v) is 6.97. The average Bonchev–Trinajstić information content (AvgIpc) is 3.31. The maximum Gasteiger partial charge on any atom is 0.252 e. The van der Waals surface area contributed by atoms with E-state index in [2.05, 4.69) is 5.32 Å². The van der Waals surface area contributed by atoms with Gasteiger partial charge in [0.25, 0.3) is 5.91 Å². The van der Waals surface area contributed by atoms with Gasteiger partial charge in [0.2, 0.25) is 0 Å². The molecule has 0 unspecified atom stereocenters. The van der Waals surface area contributed by atoms with Gasteiger partial charge in [-0.25, -0.2) is 0 Å². The number of aliphatic hydroxyl groups is 4. The summed E-state index contributed by atoms with van der Waals surface area (Å²) in [4.78, 5) is 13.0. The first-order chi connectivity index (χ1) is 21.9. The van der Waals surface area contributed by atoms with E-state index in [0.29, 0.717) is 25.7 Å². The highest BCUT2D eigenvalue weighted by Crippen LogP contribution is 2.36. The Hall–Kier alpha value is -1.17. The summed E-state index contributed by atoms with van der Waals surface area (Å²) in [7, 11) is 0. The van der Waals surface area contributed by atoms with Gasteiger partial charge in [0, 0.05) is 38.0 Å². The Kier molecular flexibility index (Phi) is 11.9. The molecule has 0 aromatic rings. The molecule has 0 aromatic carbocycles. The lowest BCUT2D eigenvalue weighted by Crippen LogP contribution is -2.69. The van der Waals surface area contributed by atoms with E-state index >= 15 is 0 Å². The molecule has 3 heterocycles. The predicted molar refractivity (Wildman–Crippen MR) is 159 cm³/mol. The molecule has 15 atom stereocenters. The number of hydrogen-bond acceptors (Lipinski definition) is 17. The second-order valence-electron chi connectivity index (χ2n) is 13.4. The number of hydrogen-bond donors (Lipinski definition) is 11. The Bertz CT molecular complexity index is 1010. The highest BCUT2D eigenvalue weighted by molar-refractivity contribution is 5.86. The van der Waals surface area contributed by atoms with E-state index < -0.39 is 97.8 Å². The van der Waals surface area contributed by atoms with Gasteiger partial charge in [-0.2, -0.15) is 0 Å². The van der Waals surface area contributed by atoms with Crippen LogP contribution >= 0.6 is 0 Å². The molecule has 0 radical (unpaired) electrons. The summed E-state index contributed by atoms with van der Waals surface area (Å²) in [6.07, 6.45) is -8.71. The maximum absolute atomic E-state index is 13.0. The molecule has 5 aliphatic rings. The summed E-state index contributed by atoms with van der Waals surface area (Å²) in [5.74, 6) is -0.697. The minimum atomic E-state index is -1.67. The number of carbonyl (C=O) groups excluding carboxylic acids is 1. The average molecular weight is 664 g/mol. The number of nitrogens with one attached hydrogen (secondary N) is 1. The van der Waals surface area contributed by atoms with Crippen LogP contribution in [0.1, 0.15) is 44.9 Å². The van der Waals surface area contributed by atoms with Crippen LogP contribution in [0.5, 0.6) is 0 Å². The second kappa shape index (κ2) is 15.2. The summed E-state index contributed by atoms with van der Waals surface area (Å²) in [5.41, 5.74) is 34.8. The zero-order valence-corrected chi connectivity index (χ0v) is 25.9. The van der Waals surface area contributed by atoms with Crippen LogP contribution in [0.25, 0.3) is 0 Å². The lowest BCUT2D eigenvalue weighted by atomic mass is 9.75. The maximum atomic E-state index is 13.0. The van der Waals surface area contributed by atoms with Crippen molar-refractivity contribution in [2.75, 3.05) is 19.7 Å². The molecule has 3 saturated heterocycles. The summed E-state index contributed by atoms with van der Waals surface area (Å²) >= 11 is 0. The summed E-state index contributed by atoms with van der Waals surface area (Å²) in [6, 6.07) is -3.17. The van der Waals surface area contributed by atoms with Gasteiger partial charge in [-0.1, -0.05) is 0 Å². The lowest BCUT2D eigenvalue weighted by molar-refractivity contribution is -0.288. The summed E-state index contributed by atoms with van der Waals surface area (Å²) < 4.78 is 36.2. The number of ether oxygens (including phenoxy) is 6. The van der Waals surface area contributed by atoms with Gasteiger partial charge in [-0.15, -0.1) is 0 Å². The quantitative estimate of drug-likeness (QED) is 0.0980. The van der Waals surface area contributed by atoms with Crippen LogP contribution in [0.4, 0.5) is 0 Å². The monoisotopic (exact) mass is 663 g/mol. The standard InChI is InChI=1S/C28H53N7O11/c29-8-12-1-3-14(32)24(41-12)44-21-16(34)5-17(35-27(39)28(40)6-11(31)7-28)19(37)23(21)46-26-20(38)22(18(10-36)43-26)45-25-15(33)4-2-13(9-30)42-25/h11-26,36-38,40H,1-10,29-34H2,(H,35,39)/t11?,12-,13+,14+,15+,16-,17+,18+,19-,20+,21+,22+,23+,24+,25+,26-,28?/m0/s1. The molecule has 5 rings (SSSR count). The van der Waals surface area contributed by atoms with Gasteiger partial charge < -0.3 is 88.6 Å². The van der Waals surface area contributed by atoms with Crippen LogP contribution in [0.15, 0.2) is 0 Å². The predicted octanol–water partition coefficient (Wildman–Crippen LogP) is -5.77. The van der Waals surface area contributed by atoms with Crippen molar-refractivity contribution in [2.24, 2.45) is 34.4 Å². The molecule has 0 aromatic heterocycles. The molecular formula is C28H53N7O11. The van der Waals surface area contributed by atoms with E-state index in [0.717, 1.165) is 0 Å². The molecule has 5 fully saturated rings. The van der Waals surface area contributed by atoms with E-state index in [1.54, 1.807) is 0 Å². The van der Waals surface area contributed by atoms with Gasteiger partial charge >= 0.3 is 0 Å². The normalized spacial score (nSPS) is 49.8. The summed E-state index contributed by atoms with van der Waals surface area (Å²) in [5, 5.41) is 46.4. The zero-order chi connectivity index (χ0) is 33.3. The van der Waals surface area contributed by atoms with Crippen molar-refractivity contribution in [2.45, 2.75) is 148 Å². The fraction of sp³-hybridized carbons (Fsp3) is 0.964. The third kappa shape index (κ3) is 7.67. The third-order valence-corrected chi connectivity index (χ3v) is 9.83. The Morgan fingerprint density at radius 3 is 1.83 bits per heavy atom. The van der Waals surface area contributed by atoms with Crippen LogP contribution in [-0.4, -0.2) is 150 Å².